The molecule has 0 aliphatic rings. The van der Waals surface area contributed by atoms with E-state index >= 15 is 0 Å². The summed E-state index contributed by atoms with van der Waals surface area (Å²) < 4.78 is -0.436. The molecule has 1 N–H and O–H groups in total. The summed E-state index contributed by atoms with van der Waals surface area (Å²) in [6, 6.07) is 0. The van der Waals surface area contributed by atoms with Crippen molar-refractivity contribution in [3.63, 3.8) is 0 Å². The third-order valence-electron chi connectivity index (χ3n) is 2.13. The Kier molecular flexibility index (Phi) is 4.74. The Morgan fingerprint density at radius 3 is 2.31 bits per heavy atom. The number of hydrogen-bond acceptors (Lipinski definition) is 1. The van der Waals surface area contributed by atoms with E-state index in [0.29, 0.717) is 0 Å². The lowest BCUT2D eigenvalue weighted by Crippen LogP contribution is -2.31. The molecule has 0 unspecified atom stereocenters. The maximum Gasteiger partial charge on any atom is 0.359 e. The van der Waals surface area contributed by atoms with Gasteiger partial charge in [0.15, 0.2) is 0 Å². The minimum absolute atomic E-state index is 0.372. The fourth-order valence-corrected chi connectivity index (χ4v) is 1.57. The van der Waals surface area contributed by atoms with Crippen LogP contribution in [-0.4, -0.2) is 15.5 Å². The highest BCUT2D eigenvalue weighted by Gasteiger charge is 2.39. The molecule has 0 aromatic rings. The van der Waals surface area contributed by atoms with Crippen LogP contribution < -0.4 is 0 Å². The van der Waals surface area contributed by atoms with Crippen LogP contribution >= 0.6 is 22.4 Å². The Labute approximate surface area is 93.1 Å². The number of rotatable bonds is 4. The van der Waals surface area contributed by atoms with Gasteiger partial charge in [-0.25, -0.2) is 0 Å². The first-order valence-electron chi connectivity index (χ1n) is 4.04. The van der Waals surface area contributed by atoms with Gasteiger partial charge in [0.05, 0.1) is 0 Å². The van der Waals surface area contributed by atoms with Crippen molar-refractivity contribution < 1.29 is 9.90 Å². The highest BCUT2D eigenvalue weighted by atomic mass is 127. The minimum Gasteiger partial charge on any atom is -0.488 e. The molecule has 0 amide bonds. The van der Waals surface area contributed by atoms with Crippen molar-refractivity contribution in [3.05, 3.63) is 24.3 Å². The van der Waals surface area contributed by atoms with Gasteiger partial charge in [-0.2, -0.15) is 0 Å². The molecule has 4 heteroatoms. The largest absolute Gasteiger partial charge is 0.488 e. The van der Waals surface area contributed by atoms with Crippen LogP contribution in [0.4, 0.5) is 4.79 Å². The van der Waals surface area contributed by atoms with Crippen molar-refractivity contribution in [1.82, 2.24) is 0 Å². The van der Waals surface area contributed by atoms with Gasteiger partial charge < -0.3 is 5.11 Å². The molecule has 0 spiro atoms. The Morgan fingerprint density at radius 2 is 2.08 bits per heavy atom. The van der Waals surface area contributed by atoms with Crippen molar-refractivity contribution >= 4 is 32.8 Å². The lowest BCUT2D eigenvalue weighted by Gasteiger charge is -2.26. The van der Waals surface area contributed by atoms with Crippen LogP contribution in [-0.2, 0) is 0 Å². The topological polar surface area (TPSA) is 37.3 Å². The fourth-order valence-electron chi connectivity index (χ4n) is 1.21. The Morgan fingerprint density at radius 1 is 1.62 bits per heavy atom. The van der Waals surface area contributed by atoms with Gasteiger partial charge in [-0.05, 0) is 12.2 Å². The van der Waals surface area contributed by atoms with E-state index < -0.39 is 10.4 Å². The van der Waals surface area contributed by atoms with Crippen molar-refractivity contribution in [3.8, 4) is 0 Å². The van der Waals surface area contributed by atoms with Crippen LogP contribution in [0.1, 0.15) is 20.8 Å². The maximum atomic E-state index is 10.8. The number of hydrogen-bond donors (Lipinski definition) is 1. The summed E-state index contributed by atoms with van der Waals surface area (Å²) >= 11 is 1.95. The Balaban J connectivity index is 4.94. The van der Waals surface area contributed by atoms with Gasteiger partial charge in [-0.15, -0.1) is 22.4 Å². The molecule has 0 bridgehead atoms. The predicted molar refractivity (Wildman–Crippen MR) is 65.8 cm³/mol. The Bertz CT molecular complexity index is 246. The third-order valence-corrected chi connectivity index (χ3v) is 4.22. The molecule has 2 nitrogen and oxygen atoms in total. The van der Waals surface area contributed by atoms with Crippen molar-refractivity contribution in [2.45, 2.75) is 26.1 Å². The summed E-state index contributed by atoms with van der Waals surface area (Å²) in [7, 11) is 0. The zero-order chi connectivity index (χ0) is 10.6. The maximum absolute atomic E-state index is 10.8. The second-order valence-corrected chi connectivity index (χ2v) is 4.62. The molecule has 0 fully saturated rings. The van der Waals surface area contributed by atoms with Crippen LogP contribution in [0.15, 0.2) is 24.3 Å². The van der Waals surface area contributed by atoms with Crippen LogP contribution in [0.5, 0.6) is 0 Å². The van der Waals surface area contributed by atoms with E-state index in [-0.39, 0.29) is 5.31 Å². The predicted octanol–water partition coefficient (Wildman–Crippen LogP) is 3.59. The molecule has 0 aromatic carbocycles. The monoisotopic (exact) mass is 292 g/mol. The van der Waals surface area contributed by atoms with Gasteiger partial charge in [-0.1, -0.05) is 38.2 Å². The summed E-state index contributed by atoms with van der Waals surface area (Å²) in [4.78, 5) is 10.8. The molecule has 0 heterocycles. The van der Waals surface area contributed by atoms with Gasteiger partial charge in [0, 0.05) is 0 Å². The van der Waals surface area contributed by atoms with E-state index in [2.05, 4.69) is 6.58 Å². The molecule has 0 atom stereocenters. The minimum atomic E-state index is -0.785. The SMILES string of the molecule is C=C/C(=C\C)C(C)(C)B(I)C(=O)O. The zero-order valence-corrected chi connectivity index (χ0v) is 10.3. The molecule has 0 saturated heterocycles. The molecule has 0 radical (unpaired) electrons. The van der Waals surface area contributed by atoms with E-state index in [1.165, 1.54) is 0 Å². The van der Waals surface area contributed by atoms with Gasteiger partial charge in [0.1, 0.15) is 0 Å². The highest BCUT2D eigenvalue weighted by Crippen LogP contribution is 2.40. The number of carbonyl (C=O) groups is 1. The summed E-state index contributed by atoms with van der Waals surface area (Å²) in [5.74, 6) is -0.785. The number of halogens is 1. The van der Waals surface area contributed by atoms with E-state index in [0.717, 1.165) is 5.57 Å². The van der Waals surface area contributed by atoms with E-state index in [1.54, 1.807) is 6.08 Å². The Hall–Kier alpha value is -0.255. The summed E-state index contributed by atoms with van der Waals surface area (Å²) in [5, 5.41) is 8.52. The quantitative estimate of drug-likeness (QED) is 0.488. The van der Waals surface area contributed by atoms with Crippen LogP contribution in [0, 0.1) is 0 Å². The molecule has 0 aliphatic carbocycles. The molecular weight excluding hydrogens is 278 g/mol. The smallest absolute Gasteiger partial charge is 0.359 e. The average molecular weight is 292 g/mol. The molecule has 13 heavy (non-hydrogen) atoms. The van der Waals surface area contributed by atoms with Crippen LogP contribution in [0.3, 0.4) is 0 Å². The summed E-state index contributed by atoms with van der Waals surface area (Å²) in [5.41, 5.74) is 0.967. The molecule has 72 valence electrons. The van der Waals surface area contributed by atoms with Crippen LogP contribution in [0.25, 0.3) is 0 Å². The standard InChI is InChI=1S/C9H14BIO2/c1-5-7(6-2)9(3,4)10(11)8(12)13/h5-6H,1H2,2-4H3,(H,12,13)/b7-6+. The van der Waals surface area contributed by atoms with Gasteiger partial charge in [-0.3, -0.25) is 4.79 Å². The normalized spacial score (nSPS) is 12.5. The number of carboxylic acid groups (broad SMARTS) is 1. The van der Waals surface area contributed by atoms with Crippen molar-refractivity contribution in [1.29, 1.82) is 0 Å². The zero-order valence-electron chi connectivity index (χ0n) is 8.17. The molecular formula is C9H14BIO2. The van der Waals surface area contributed by atoms with Gasteiger partial charge in [0.2, 0.25) is 0 Å². The lowest BCUT2D eigenvalue weighted by atomic mass is 9.51. The first kappa shape index (κ1) is 12.7. The second kappa shape index (κ2) is 4.84. The molecule has 0 aromatic heterocycles. The molecule has 0 rings (SSSR count). The van der Waals surface area contributed by atoms with Gasteiger partial charge >= 0.3 is 4.57 Å². The third kappa shape index (κ3) is 2.86. The van der Waals surface area contributed by atoms with Gasteiger partial charge in [0.25, 0.3) is 5.87 Å². The summed E-state index contributed by atoms with van der Waals surface area (Å²) in [6.45, 7) is 9.39. The fraction of sp³-hybridized carbons (Fsp3) is 0.444. The molecule has 0 aliphatic heterocycles. The van der Waals surface area contributed by atoms with E-state index in [9.17, 15) is 4.79 Å². The van der Waals surface area contributed by atoms with Crippen molar-refractivity contribution in [2.24, 2.45) is 0 Å². The second-order valence-electron chi connectivity index (χ2n) is 3.37. The summed E-state index contributed by atoms with van der Waals surface area (Å²) in [6.07, 6.45) is 3.62. The molecule has 0 saturated carbocycles. The highest BCUT2D eigenvalue weighted by molar-refractivity contribution is 14.1. The average Bonchev–Trinajstić information content (AvgIpc) is 2.04. The number of allylic oxidation sites excluding steroid dienone is 3. The van der Waals surface area contributed by atoms with Crippen molar-refractivity contribution in [2.75, 3.05) is 0 Å². The van der Waals surface area contributed by atoms with E-state index in [1.807, 2.05) is 49.2 Å². The van der Waals surface area contributed by atoms with Crippen LogP contribution in [0.2, 0.25) is 5.31 Å². The first-order valence-corrected chi connectivity index (χ1v) is 5.28. The van der Waals surface area contributed by atoms with E-state index in [4.69, 9.17) is 5.11 Å². The lowest BCUT2D eigenvalue weighted by molar-refractivity contribution is 0.219. The first-order chi connectivity index (χ1) is 5.87.